The van der Waals surface area contributed by atoms with E-state index in [1.54, 1.807) is 0 Å². The summed E-state index contributed by atoms with van der Waals surface area (Å²) in [5.41, 5.74) is 1.48. The highest BCUT2D eigenvalue weighted by atomic mass is 32.2. The molecule has 1 aliphatic carbocycles. The number of rotatable bonds is 4. The Balaban J connectivity index is 1.85. The minimum atomic E-state index is -0.778. The molecular formula is C12H11NO3S. The number of carboxylic acid groups (broad SMARTS) is 1. The molecule has 0 spiro atoms. The predicted octanol–water partition coefficient (Wildman–Crippen LogP) is 2.78. The Kier molecular flexibility index (Phi) is 2.55. The SMILES string of the molecule is O=C(O)C(Sc1nc2ccccc2o1)C1CC1. The number of thioether (sulfide) groups is 1. The summed E-state index contributed by atoms with van der Waals surface area (Å²) in [4.78, 5) is 15.4. The molecule has 0 bridgehead atoms. The maximum atomic E-state index is 11.1. The largest absolute Gasteiger partial charge is 0.480 e. The van der Waals surface area contributed by atoms with Crippen LogP contribution in [-0.4, -0.2) is 21.3 Å². The first-order valence-electron chi connectivity index (χ1n) is 5.49. The molecular weight excluding hydrogens is 238 g/mol. The molecule has 0 amide bonds. The molecule has 1 N–H and O–H groups in total. The van der Waals surface area contributed by atoms with Crippen molar-refractivity contribution in [1.29, 1.82) is 0 Å². The van der Waals surface area contributed by atoms with E-state index in [0.29, 0.717) is 10.8 Å². The Hall–Kier alpha value is -1.49. The van der Waals surface area contributed by atoms with E-state index in [-0.39, 0.29) is 5.92 Å². The van der Waals surface area contributed by atoms with E-state index >= 15 is 0 Å². The van der Waals surface area contributed by atoms with Crippen molar-refractivity contribution < 1.29 is 14.3 Å². The first-order chi connectivity index (χ1) is 8.24. The van der Waals surface area contributed by atoms with E-state index in [0.717, 1.165) is 18.4 Å². The molecule has 1 atom stereocenters. The number of oxazole rings is 1. The van der Waals surface area contributed by atoms with Gasteiger partial charge in [-0.15, -0.1) is 0 Å². The Labute approximate surface area is 102 Å². The summed E-state index contributed by atoms with van der Waals surface area (Å²) in [7, 11) is 0. The third kappa shape index (κ3) is 2.15. The fourth-order valence-electron chi connectivity index (χ4n) is 1.76. The molecule has 1 aliphatic rings. The Morgan fingerprint density at radius 1 is 1.47 bits per heavy atom. The molecule has 1 saturated carbocycles. The van der Waals surface area contributed by atoms with Gasteiger partial charge in [-0.2, -0.15) is 0 Å². The van der Waals surface area contributed by atoms with Gasteiger partial charge in [0, 0.05) is 0 Å². The van der Waals surface area contributed by atoms with Gasteiger partial charge in [0.2, 0.25) is 0 Å². The molecule has 88 valence electrons. The average molecular weight is 249 g/mol. The number of hydrogen-bond acceptors (Lipinski definition) is 4. The quantitative estimate of drug-likeness (QED) is 0.844. The topological polar surface area (TPSA) is 63.3 Å². The summed E-state index contributed by atoms with van der Waals surface area (Å²) in [6.45, 7) is 0. The standard InChI is InChI=1S/C12H11NO3S/c14-11(15)10(7-5-6-7)17-12-13-8-3-1-2-4-9(8)16-12/h1-4,7,10H,5-6H2,(H,14,15). The van der Waals surface area contributed by atoms with Crippen molar-refractivity contribution in [1.82, 2.24) is 4.98 Å². The van der Waals surface area contributed by atoms with Crippen molar-refractivity contribution in [2.45, 2.75) is 23.3 Å². The number of para-hydroxylation sites is 2. The zero-order valence-electron chi connectivity index (χ0n) is 9.00. The lowest BCUT2D eigenvalue weighted by molar-refractivity contribution is -0.136. The number of nitrogens with zero attached hydrogens (tertiary/aromatic N) is 1. The summed E-state index contributed by atoms with van der Waals surface area (Å²) >= 11 is 1.22. The van der Waals surface area contributed by atoms with Crippen molar-refractivity contribution in [2.24, 2.45) is 5.92 Å². The van der Waals surface area contributed by atoms with Crippen LogP contribution < -0.4 is 0 Å². The van der Waals surface area contributed by atoms with Gasteiger partial charge in [-0.3, -0.25) is 4.79 Å². The van der Waals surface area contributed by atoms with Crippen molar-refractivity contribution >= 4 is 28.8 Å². The lowest BCUT2D eigenvalue weighted by Gasteiger charge is -2.06. The van der Waals surface area contributed by atoms with Crippen LogP contribution in [0.1, 0.15) is 12.8 Å². The summed E-state index contributed by atoms with van der Waals surface area (Å²) in [5.74, 6) is -0.507. The van der Waals surface area contributed by atoms with Crippen LogP contribution >= 0.6 is 11.8 Å². The molecule has 1 fully saturated rings. The summed E-state index contributed by atoms with van der Waals surface area (Å²) in [6.07, 6.45) is 1.98. The van der Waals surface area contributed by atoms with E-state index < -0.39 is 11.2 Å². The molecule has 1 unspecified atom stereocenters. The van der Waals surface area contributed by atoms with Gasteiger partial charge in [0.1, 0.15) is 10.8 Å². The minimum absolute atomic E-state index is 0.271. The van der Waals surface area contributed by atoms with E-state index in [4.69, 9.17) is 9.52 Å². The third-order valence-corrected chi connectivity index (χ3v) is 4.01. The zero-order valence-corrected chi connectivity index (χ0v) is 9.81. The molecule has 5 heteroatoms. The van der Waals surface area contributed by atoms with Crippen molar-refractivity contribution in [3.63, 3.8) is 0 Å². The van der Waals surface area contributed by atoms with Gasteiger partial charge < -0.3 is 9.52 Å². The number of hydrogen-bond donors (Lipinski definition) is 1. The molecule has 1 aromatic carbocycles. The highest BCUT2D eigenvalue weighted by molar-refractivity contribution is 8.00. The van der Waals surface area contributed by atoms with E-state index in [2.05, 4.69) is 4.98 Å². The number of fused-ring (bicyclic) bond motifs is 1. The highest BCUT2D eigenvalue weighted by Gasteiger charge is 2.38. The minimum Gasteiger partial charge on any atom is -0.480 e. The second kappa shape index (κ2) is 4.07. The summed E-state index contributed by atoms with van der Waals surface area (Å²) in [6, 6.07) is 7.45. The maximum Gasteiger partial charge on any atom is 0.317 e. The molecule has 4 nitrogen and oxygen atoms in total. The fourth-order valence-corrected chi connectivity index (χ4v) is 2.83. The molecule has 3 rings (SSSR count). The molecule has 0 radical (unpaired) electrons. The van der Waals surface area contributed by atoms with Crippen LogP contribution in [0.15, 0.2) is 33.9 Å². The van der Waals surface area contributed by atoms with Crippen LogP contribution in [0.25, 0.3) is 11.1 Å². The first-order valence-corrected chi connectivity index (χ1v) is 6.37. The molecule has 0 saturated heterocycles. The molecule has 1 heterocycles. The lowest BCUT2D eigenvalue weighted by Crippen LogP contribution is -2.18. The van der Waals surface area contributed by atoms with Crippen LogP contribution in [0, 0.1) is 5.92 Å². The lowest BCUT2D eigenvalue weighted by atomic mass is 10.3. The number of benzene rings is 1. The van der Waals surface area contributed by atoms with Crippen LogP contribution in [0.4, 0.5) is 0 Å². The van der Waals surface area contributed by atoms with Crippen LogP contribution in [0.3, 0.4) is 0 Å². The van der Waals surface area contributed by atoms with Gasteiger partial charge in [-0.05, 0) is 30.9 Å². The molecule has 17 heavy (non-hydrogen) atoms. The second-order valence-corrected chi connectivity index (χ2v) is 5.25. The second-order valence-electron chi connectivity index (χ2n) is 4.16. The van der Waals surface area contributed by atoms with Crippen molar-refractivity contribution in [2.75, 3.05) is 0 Å². The highest BCUT2D eigenvalue weighted by Crippen LogP contribution is 2.42. The maximum absolute atomic E-state index is 11.1. The Morgan fingerprint density at radius 3 is 2.88 bits per heavy atom. The number of carboxylic acids is 1. The van der Waals surface area contributed by atoms with Gasteiger partial charge >= 0.3 is 5.97 Å². The summed E-state index contributed by atoms with van der Waals surface area (Å²) in [5, 5.41) is 9.15. The fraction of sp³-hybridized carbons (Fsp3) is 0.333. The van der Waals surface area contributed by atoms with Crippen molar-refractivity contribution in [3.8, 4) is 0 Å². The monoisotopic (exact) mass is 249 g/mol. The number of aliphatic carboxylic acids is 1. The molecule has 0 aliphatic heterocycles. The Morgan fingerprint density at radius 2 is 2.24 bits per heavy atom. The van der Waals surface area contributed by atoms with E-state index in [1.807, 2.05) is 24.3 Å². The molecule has 2 aromatic rings. The van der Waals surface area contributed by atoms with Gasteiger partial charge in [-0.25, -0.2) is 4.98 Å². The summed E-state index contributed by atoms with van der Waals surface area (Å²) < 4.78 is 5.52. The normalized spacial score (nSPS) is 17.2. The van der Waals surface area contributed by atoms with Crippen LogP contribution in [-0.2, 0) is 4.79 Å². The first kappa shape index (κ1) is 10.7. The zero-order chi connectivity index (χ0) is 11.8. The van der Waals surface area contributed by atoms with Gasteiger partial charge in [0.05, 0.1) is 0 Å². The van der Waals surface area contributed by atoms with Gasteiger partial charge in [0.15, 0.2) is 5.58 Å². The van der Waals surface area contributed by atoms with Gasteiger partial charge in [-0.1, -0.05) is 23.9 Å². The smallest absolute Gasteiger partial charge is 0.317 e. The van der Waals surface area contributed by atoms with E-state index in [9.17, 15) is 4.79 Å². The average Bonchev–Trinajstić information content (AvgIpc) is 3.05. The van der Waals surface area contributed by atoms with Crippen LogP contribution in [0.5, 0.6) is 0 Å². The molecule has 1 aromatic heterocycles. The third-order valence-electron chi connectivity index (χ3n) is 2.80. The van der Waals surface area contributed by atoms with Gasteiger partial charge in [0.25, 0.3) is 5.22 Å². The van der Waals surface area contributed by atoms with E-state index in [1.165, 1.54) is 11.8 Å². The van der Waals surface area contributed by atoms with Crippen molar-refractivity contribution in [3.05, 3.63) is 24.3 Å². The Bertz CT molecular complexity index is 529. The predicted molar refractivity (Wildman–Crippen MR) is 64.0 cm³/mol. The number of carbonyl (C=O) groups is 1. The number of aromatic nitrogens is 1. The van der Waals surface area contributed by atoms with Crippen LogP contribution in [0.2, 0.25) is 0 Å².